The molecule has 3 aliphatic rings. The van der Waals surface area contributed by atoms with Crippen LogP contribution < -0.4 is 0 Å². The molecular weight excluding hydrogens is 320 g/mol. The fourth-order valence-corrected chi connectivity index (χ4v) is 4.05. The summed E-state index contributed by atoms with van der Waals surface area (Å²) in [5.74, 6) is 0.0980. The summed E-state index contributed by atoms with van der Waals surface area (Å²) in [5, 5.41) is 0. The monoisotopic (exact) mass is 344 g/mol. The molecule has 25 heavy (non-hydrogen) atoms. The molecule has 1 aromatic carbocycles. The summed E-state index contributed by atoms with van der Waals surface area (Å²) >= 11 is 0. The van der Waals surface area contributed by atoms with Gasteiger partial charge in [-0.05, 0) is 18.9 Å². The maximum atomic E-state index is 12.7. The molecule has 0 spiro atoms. The molecule has 0 unspecified atom stereocenters. The van der Waals surface area contributed by atoms with Gasteiger partial charge >= 0.3 is 0 Å². The van der Waals surface area contributed by atoms with Crippen molar-refractivity contribution in [2.75, 3.05) is 32.9 Å². The molecule has 0 bridgehead atoms. The van der Waals surface area contributed by atoms with Gasteiger partial charge in [-0.1, -0.05) is 29.8 Å². The first-order valence-electron chi connectivity index (χ1n) is 8.95. The Hall–Kier alpha value is -1.92. The Labute approximate surface area is 147 Å². The number of likely N-dealkylation sites (tertiary alicyclic amines) is 1. The minimum Gasteiger partial charge on any atom is -0.381 e. The van der Waals surface area contributed by atoms with E-state index in [4.69, 9.17) is 9.47 Å². The number of carbonyl (C=O) groups is 2. The van der Waals surface area contributed by atoms with Gasteiger partial charge in [0.2, 0.25) is 11.8 Å². The van der Waals surface area contributed by atoms with Gasteiger partial charge in [-0.15, -0.1) is 0 Å². The van der Waals surface area contributed by atoms with Crippen molar-refractivity contribution in [3.63, 3.8) is 0 Å². The lowest BCUT2D eigenvalue weighted by Gasteiger charge is -2.36. The number of benzene rings is 1. The van der Waals surface area contributed by atoms with Gasteiger partial charge in [0.05, 0.1) is 24.7 Å². The van der Waals surface area contributed by atoms with E-state index in [-0.39, 0.29) is 36.5 Å². The lowest BCUT2D eigenvalue weighted by Crippen LogP contribution is -2.53. The van der Waals surface area contributed by atoms with E-state index in [1.54, 1.807) is 0 Å². The van der Waals surface area contributed by atoms with Crippen molar-refractivity contribution in [1.29, 1.82) is 0 Å². The number of fused-ring (bicyclic) bond motifs is 1. The zero-order chi connectivity index (χ0) is 17.4. The number of nitrogens with zero attached hydrogens (tertiary/aromatic N) is 2. The van der Waals surface area contributed by atoms with Gasteiger partial charge in [-0.2, -0.15) is 0 Å². The Morgan fingerprint density at radius 3 is 2.96 bits per heavy atom. The molecule has 6 heteroatoms. The van der Waals surface area contributed by atoms with Gasteiger partial charge in [0.15, 0.2) is 0 Å². The third-order valence-corrected chi connectivity index (χ3v) is 5.40. The highest BCUT2D eigenvalue weighted by Gasteiger charge is 2.45. The average Bonchev–Trinajstić information content (AvgIpc) is 3.26. The van der Waals surface area contributed by atoms with Crippen LogP contribution in [0.25, 0.3) is 0 Å². The normalized spacial score (nSPS) is 29.2. The zero-order valence-corrected chi connectivity index (χ0v) is 14.5. The van der Waals surface area contributed by atoms with Gasteiger partial charge in [0.1, 0.15) is 6.61 Å². The van der Waals surface area contributed by atoms with Crippen LogP contribution in [0.1, 0.15) is 17.5 Å². The summed E-state index contributed by atoms with van der Waals surface area (Å²) < 4.78 is 11.1. The SMILES string of the molecule is Cc1cccc(CN2C(=O)CO[C@@H]3CN(C(=O)[C@H]4CCOC4)C[C@H]32)c1. The standard InChI is InChI=1S/C19H24N2O4/c1-13-3-2-4-14(7-13)8-21-16-9-20(10-17(16)25-12-18(21)22)19(23)15-5-6-24-11-15/h2-4,7,15-17H,5-6,8-12H2,1H3/t15-,16+,17+/m0/s1. The molecule has 1 aromatic rings. The van der Waals surface area contributed by atoms with Crippen LogP contribution in [0.2, 0.25) is 0 Å². The highest BCUT2D eigenvalue weighted by Crippen LogP contribution is 2.27. The molecule has 4 rings (SSSR count). The van der Waals surface area contributed by atoms with Crippen LogP contribution >= 0.6 is 0 Å². The van der Waals surface area contributed by atoms with Crippen LogP contribution in [0.15, 0.2) is 24.3 Å². The van der Waals surface area contributed by atoms with Crippen molar-refractivity contribution >= 4 is 11.8 Å². The van der Waals surface area contributed by atoms with Gasteiger partial charge in [0, 0.05) is 26.2 Å². The summed E-state index contributed by atoms with van der Waals surface area (Å²) in [4.78, 5) is 28.9. The number of rotatable bonds is 3. The Kier molecular flexibility index (Phi) is 4.48. The molecule has 0 aliphatic carbocycles. The smallest absolute Gasteiger partial charge is 0.249 e. The molecule has 6 nitrogen and oxygen atoms in total. The molecule has 0 N–H and O–H groups in total. The molecule has 3 aliphatic heterocycles. The van der Waals surface area contributed by atoms with Crippen LogP contribution in [-0.4, -0.2) is 66.7 Å². The lowest BCUT2D eigenvalue weighted by molar-refractivity contribution is -0.153. The second-order valence-corrected chi connectivity index (χ2v) is 7.23. The predicted octanol–water partition coefficient (Wildman–Crippen LogP) is 0.970. The van der Waals surface area contributed by atoms with Crippen molar-refractivity contribution in [3.8, 4) is 0 Å². The van der Waals surface area contributed by atoms with E-state index in [1.165, 1.54) is 5.56 Å². The van der Waals surface area contributed by atoms with Crippen LogP contribution in [-0.2, 0) is 25.6 Å². The highest BCUT2D eigenvalue weighted by atomic mass is 16.5. The fourth-order valence-electron chi connectivity index (χ4n) is 4.05. The topological polar surface area (TPSA) is 59.1 Å². The molecule has 3 fully saturated rings. The van der Waals surface area contributed by atoms with E-state index in [0.717, 1.165) is 12.0 Å². The van der Waals surface area contributed by atoms with E-state index in [1.807, 2.05) is 34.9 Å². The molecule has 3 atom stereocenters. The maximum Gasteiger partial charge on any atom is 0.249 e. The highest BCUT2D eigenvalue weighted by molar-refractivity contribution is 5.81. The van der Waals surface area contributed by atoms with Gasteiger partial charge in [-0.3, -0.25) is 9.59 Å². The largest absolute Gasteiger partial charge is 0.381 e. The number of carbonyl (C=O) groups excluding carboxylic acids is 2. The van der Waals surface area contributed by atoms with Crippen LogP contribution in [0.3, 0.4) is 0 Å². The first-order valence-corrected chi connectivity index (χ1v) is 8.95. The third-order valence-electron chi connectivity index (χ3n) is 5.40. The minimum atomic E-state index is -0.0891. The number of hydrogen-bond acceptors (Lipinski definition) is 4. The predicted molar refractivity (Wildman–Crippen MR) is 90.8 cm³/mol. The summed E-state index contributed by atoms with van der Waals surface area (Å²) in [6, 6.07) is 8.14. The number of amides is 2. The number of ether oxygens (including phenoxy) is 2. The van der Waals surface area contributed by atoms with E-state index >= 15 is 0 Å². The minimum absolute atomic E-state index is 0.00116. The van der Waals surface area contributed by atoms with Crippen molar-refractivity contribution in [2.45, 2.75) is 32.0 Å². The number of morpholine rings is 1. The summed E-state index contributed by atoms with van der Waals surface area (Å²) in [7, 11) is 0. The Morgan fingerprint density at radius 2 is 2.20 bits per heavy atom. The van der Waals surface area contributed by atoms with Crippen LogP contribution in [0.4, 0.5) is 0 Å². The van der Waals surface area contributed by atoms with Crippen molar-refractivity contribution in [2.24, 2.45) is 5.92 Å². The van der Waals surface area contributed by atoms with Crippen molar-refractivity contribution in [3.05, 3.63) is 35.4 Å². The molecule has 2 amide bonds. The molecule has 3 saturated heterocycles. The Bertz CT molecular complexity index is 671. The zero-order valence-electron chi connectivity index (χ0n) is 14.5. The maximum absolute atomic E-state index is 12.7. The van der Waals surface area contributed by atoms with Gasteiger partial charge in [-0.25, -0.2) is 0 Å². The number of aryl methyl sites for hydroxylation is 1. The van der Waals surface area contributed by atoms with Gasteiger partial charge in [0.25, 0.3) is 0 Å². The van der Waals surface area contributed by atoms with Crippen LogP contribution in [0.5, 0.6) is 0 Å². The molecule has 0 aromatic heterocycles. The van der Waals surface area contributed by atoms with E-state index < -0.39 is 0 Å². The summed E-state index contributed by atoms with van der Waals surface area (Å²) in [6.45, 7) is 5.01. The molecular formula is C19H24N2O4. The van der Waals surface area contributed by atoms with E-state index in [2.05, 4.69) is 6.07 Å². The molecule has 3 heterocycles. The first kappa shape index (κ1) is 16.5. The van der Waals surface area contributed by atoms with Gasteiger partial charge < -0.3 is 19.3 Å². The first-order chi connectivity index (χ1) is 12.1. The van der Waals surface area contributed by atoms with Crippen molar-refractivity contribution in [1.82, 2.24) is 9.80 Å². The van der Waals surface area contributed by atoms with Crippen molar-refractivity contribution < 1.29 is 19.1 Å². The van der Waals surface area contributed by atoms with E-state index in [9.17, 15) is 9.59 Å². The quantitative estimate of drug-likeness (QED) is 0.820. The Balaban J connectivity index is 1.48. The Morgan fingerprint density at radius 1 is 1.32 bits per heavy atom. The second kappa shape index (κ2) is 6.77. The number of hydrogen-bond donors (Lipinski definition) is 0. The van der Waals surface area contributed by atoms with E-state index in [0.29, 0.717) is 32.8 Å². The second-order valence-electron chi connectivity index (χ2n) is 7.23. The third kappa shape index (κ3) is 3.28. The summed E-state index contributed by atoms with van der Waals surface area (Å²) in [6.07, 6.45) is 0.700. The molecule has 134 valence electrons. The molecule has 0 radical (unpaired) electrons. The molecule has 0 saturated carbocycles. The average molecular weight is 344 g/mol. The lowest BCUT2D eigenvalue weighted by atomic mass is 10.1. The fraction of sp³-hybridized carbons (Fsp3) is 0.579. The summed E-state index contributed by atoms with van der Waals surface area (Å²) in [5.41, 5.74) is 2.29. The van der Waals surface area contributed by atoms with Crippen LogP contribution in [0, 0.1) is 12.8 Å².